The maximum atomic E-state index is 11.2. The maximum Gasteiger partial charge on any atom is 0.319 e. The van der Waals surface area contributed by atoms with E-state index in [1.165, 1.54) is 6.07 Å². The molecule has 0 fully saturated rings. The number of rotatable bonds is 6. The minimum absolute atomic E-state index is 0.0288. The average molecular weight is 252 g/mol. The van der Waals surface area contributed by atoms with Crippen LogP contribution in [0, 0.1) is 10.1 Å². The third kappa shape index (κ3) is 3.81. The van der Waals surface area contributed by atoms with Crippen LogP contribution in [-0.4, -0.2) is 24.0 Å². The number of nitrogens with zero attached hydrogens (tertiary/aromatic N) is 1. The third-order valence-electron chi connectivity index (χ3n) is 2.46. The van der Waals surface area contributed by atoms with Crippen LogP contribution in [0.1, 0.15) is 25.5 Å². The topological polar surface area (TPSA) is 81.5 Å². The molecule has 0 aromatic heterocycles. The van der Waals surface area contributed by atoms with Crippen LogP contribution in [0.25, 0.3) is 0 Å². The van der Waals surface area contributed by atoms with Crippen LogP contribution < -0.4 is 5.32 Å². The Bertz CT molecular complexity index is 434. The van der Waals surface area contributed by atoms with Gasteiger partial charge in [-0.3, -0.25) is 14.9 Å². The van der Waals surface area contributed by atoms with Crippen LogP contribution in [0.4, 0.5) is 5.69 Å². The predicted octanol–water partition coefficient (Wildman–Crippen LogP) is 1.81. The SMILES string of the molecule is CCOC(=O)CNC(C)c1ccccc1[N+](=O)[O-]. The summed E-state index contributed by atoms with van der Waals surface area (Å²) in [6.45, 7) is 3.84. The Morgan fingerprint density at radius 2 is 2.17 bits per heavy atom. The van der Waals surface area contributed by atoms with Crippen LogP contribution in [0.2, 0.25) is 0 Å². The Hall–Kier alpha value is -1.95. The van der Waals surface area contributed by atoms with Crippen molar-refractivity contribution < 1.29 is 14.5 Å². The molecule has 0 saturated heterocycles. The van der Waals surface area contributed by atoms with Crippen LogP contribution >= 0.6 is 0 Å². The van der Waals surface area contributed by atoms with Gasteiger partial charge in [0.15, 0.2) is 0 Å². The van der Waals surface area contributed by atoms with Crippen LogP contribution in [0.5, 0.6) is 0 Å². The van der Waals surface area contributed by atoms with Gasteiger partial charge in [0.1, 0.15) is 0 Å². The molecule has 0 radical (unpaired) electrons. The highest BCUT2D eigenvalue weighted by Crippen LogP contribution is 2.24. The van der Waals surface area contributed by atoms with Gasteiger partial charge in [-0.1, -0.05) is 18.2 Å². The average Bonchev–Trinajstić information content (AvgIpc) is 2.36. The van der Waals surface area contributed by atoms with Crippen molar-refractivity contribution in [2.24, 2.45) is 0 Å². The highest BCUT2D eigenvalue weighted by atomic mass is 16.6. The molecule has 0 saturated carbocycles. The summed E-state index contributed by atoms with van der Waals surface area (Å²) in [6, 6.07) is 6.15. The van der Waals surface area contributed by atoms with Crippen LogP contribution in [0.15, 0.2) is 24.3 Å². The summed E-state index contributed by atoms with van der Waals surface area (Å²) >= 11 is 0. The highest BCUT2D eigenvalue weighted by Gasteiger charge is 2.18. The van der Waals surface area contributed by atoms with E-state index in [4.69, 9.17) is 4.74 Å². The quantitative estimate of drug-likeness (QED) is 0.474. The van der Waals surface area contributed by atoms with E-state index in [1.54, 1.807) is 32.0 Å². The van der Waals surface area contributed by atoms with E-state index < -0.39 is 4.92 Å². The second-order valence-corrected chi connectivity index (χ2v) is 3.72. The smallest absolute Gasteiger partial charge is 0.319 e. The number of hydrogen-bond donors (Lipinski definition) is 1. The lowest BCUT2D eigenvalue weighted by atomic mass is 10.1. The van der Waals surface area contributed by atoms with Crippen molar-refractivity contribution in [3.05, 3.63) is 39.9 Å². The van der Waals surface area contributed by atoms with Gasteiger partial charge in [0.25, 0.3) is 5.69 Å². The molecule has 1 aromatic rings. The lowest BCUT2D eigenvalue weighted by molar-refractivity contribution is -0.385. The first-order valence-electron chi connectivity index (χ1n) is 5.68. The van der Waals surface area contributed by atoms with Gasteiger partial charge < -0.3 is 10.1 Å². The molecule has 0 amide bonds. The molecule has 1 rings (SSSR count). The second-order valence-electron chi connectivity index (χ2n) is 3.72. The molecule has 0 spiro atoms. The Labute approximate surface area is 105 Å². The number of carbonyl (C=O) groups excluding carboxylic acids is 1. The zero-order valence-corrected chi connectivity index (χ0v) is 10.4. The van der Waals surface area contributed by atoms with Gasteiger partial charge in [-0.05, 0) is 13.8 Å². The van der Waals surface area contributed by atoms with E-state index in [2.05, 4.69) is 5.32 Å². The normalized spacial score (nSPS) is 11.9. The summed E-state index contributed by atoms with van der Waals surface area (Å²) in [6.07, 6.45) is 0. The predicted molar refractivity (Wildman–Crippen MR) is 66.1 cm³/mol. The van der Waals surface area contributed by atoms with Gasteiger partial charge >= 0.3 is 5.97 Å². The molecule has 18 heavy (non-hydrogen) atoms. The lowest BCUT2D eigenvalue weighted by Crippen LogP contribution is -2.27. The summed E-state index contributed by atoms with van der Waals surface area (Å²) < 4.78 is 4.77. The van der Waals surface area contributed by atoms with Crippen molar-refractivity contribution in [3.8, 4) is 0 Å². The van der Waals surface area contributed by atoms with Gasteiger partial charge in [0.05, 0.1) is 18.1 Å². The zero-order valence-electron chi connectivity index (χ0n) is 10.4. The molecule has 6 heteroatoms. The molecule has 0 aliphatic rings. The summed E-state index contributed by atoms with van der Waals surface area (Å²) in [5, 5.41) is 13.8. The monoisotopic (exact) mass is 252 g/mol. The molecule has 1 aromatic carbocycles. The van der Waals surface area contributed by atoms with E-state index in [1.807, 2.05) is 0 Å². The summed E-state index contributed by atoms with van der Waals surface area (Å²) in [5.74, 6) is -0.372. The molecule has 1 unspecified atom stereocenters. The van der Waals surface area contributed by atoms with Gasteiger partial charge in [-0.15, -0.1) is 0 Å². The molecule has 1 N–H and O–H groups in total. The molecule has 0 bridgehead atoms. The summed E-state index contributed by atoms with van der Waals surface area (Å²) in [4.78, 5) is 21.6. The van der Waals surface area contributed by atoms with Crippen LogP contribution in [-0.2, 0) is 9.53 Å². The third-order valence-corrected chi connectivity index (χ3v) is 2.46. The second kappa shape index (κ2) is 6.70. The van der Waals surface area contributed by atoms with Gasteiger partial charge in [-0.25, -0.2) is 0 Å². The molecule has 0 aliphatic heterocycles. The number of nitrogens with one attached hydrogen (secondary N) is 1. The first kappa shape index (κ1) is 14.1. The molecule has 98 valence electrons. The Kier molecular flexibility index (Phi) is 5.26. The fourth-order valence-corrected chi connectivity index (χ4v) is 1.58. The van der Waals surface area contributed by atoms with E-state index >= 15 is 0 Å². The number of carbonyl (C=O) groups is 1. The maximum absolute atomic E-state index is 11.2. The number of nitro groups is 1. The number of nitro benzene ring substituents is 1. The Balaban J connectivity index is 2.69. The first-order valence-corrected chi connectivity index (χ1v) is 5.68. The van der Waals surface area contributed by atoms with Crippen molar-refractivity contribution in [2.45, 2.75) is 19.9 Å². The summed E-state index contributed by atoms with van der Waals surface area (Å²) in [7, 11) is 0. The van der Waals surface area contributed by atoms with E-state index in [-0.39, 0.29) is 24.2 Å². The number of para-hydroxylation sites is 1. The molecule has 6 nitrogen and oxygen atoms in total. The standard InChI is InChI=1S/C12H16N2O4/c1-3-18-12(15)8-13-9(2)10-6-4-5-7-11(10)14(16)17/h4-7,9,13H,3,8H2,1-2H3. The fourth-order valence-electron chi connectivity index (χ4n) is 1.58. The molecular weight excluding hydrogens is 236 g/mol. The highest BCUT2D eigenvalue weighted by molar-refractivity contribution is 5.71. The first-order chi connectivity index (χ1) is 8.56. The number of hydrogen-bond acceptors (Lipinski definition) is 5. The fraction of sp³-hybridized carbons (Fsp3) is 0.417. The van der Waals surface area contributed by atoms with Gasteiger partial charge in [-0.2, -0.15) is 0 Å². The van der Waals surface area contributed by atoms with Crippen molar-refractivity contribution in [1.82, 2.24) is 5.32 Å². The van der Waals surface area contributed by atoms with Crippen molar-refractivity contribution in [1.29, 1.82) is 0 Å². The van der Waals surface area contributed by atoms with Crippen LogP contribution in [0.3, 0.4) is 0 Å². The summed E-state index contributed by atoms with van der Waals surface area (Å²) in [5.41, 5.74) is 0.591. The van der Waals surface area contributed by atoms with Crippen molar-refractivity contribution in [2.75, 3.05) is 13.2 Å². The van der Waals surface area contributed by atoms with Gasteiger partial charge in [0.2, 0.25) is 0 Å². The van der Waals surface area contributed by atoms with Gasteiger partial charge in [0, 0.05) is 17.7 Å². The molecule has 0 aliphatic carbocycles. The Morgan fingerprint density at radius 1 is 1.50 bits per heavy atom. The Morgan fingerprint density at radius 3 is 2.78 bits per heavy atom. The zero-order chi connectivity index (χ0) is 13.5. The molecule has 0 heterocycles. The number of esters is 1. The minimum atomic E-state index is -0.433. The molecule has 1 atom stereocenters. The number of ether oxygens (including phenoxy) is 1. The van der Waals surface area contributed by atoms with E-state index in [0.717, 1.165) is 0 Å². The van der Waals surface area contributed by atoms with E-state index in [9.17, 15) is 14.9 Å². The molecular formula is C12H16N2O4. The van der Waals surface area contributed by atoms with Crippen molar-refractivity contribution >= 4 is 11.7 Å². The largest absolute Gasteiger partial charge is 0.465 e. The van der Waals surface area contributed by atoms with E-state index in [0.29, 0.717) is 12.2 Å². The minimum Gasteiger partial charge on any atom is -0.465 e. The van der Waals surface area contributed by atoms with Crippen molar-refractivity contribution in [3.63, 3.8) is 0 Å². The number of benzene rings is 1. The lowest BCUT2D eigenvalue weighted by Gasteiger charge is -2.13.